The zero-order chi connectivity index (χ0) is 20.4. The predicted molar refractivity (Wildman–Crippen MR) is 125 cm³/mol. The molecule has 3 nitrogen and oxygen atoms in total. The number of hydrogen-bond acceptors (Lipinski definition) is 3. The summed E-state index contributed by atoms with van der Waals surface area (Å²) in [6.45, 7) is 4.67. The third-order valence-electron chi connectivity index (χ3n) is 4.98. The van der Waals surface area contributed by atoms with Gasteiger partial charge in [0.1, 0.15) is 0 Å². The average molecular weight is 465 g/mol. The summed E-state index contributed by atoms with van der Waals surface area (Å²) < 4.78 is 2.07. The van der Waals surface area contributed by atoms with E-state index in [1.165, 1.54) is 11.1 Å². The Kier molecular flexibility index (Phi) is 5.79. The van der Waals surface area contributed by atoms with Gasteiger partial charge in [-0.1, -0.05) is 75.8 Å². The highest BCUT2D eigenvalue weighted by Crippen LogP contribution is 2.32. The Hall–Kier alpha value is -2.50. The molecule has 3 aromatic carbocycles. The summed E-state index contributed by atoms with van der Waals surface area (Å²) in [5.74, 6) is 0.0511. The number of thiazole rings is 1. The van der Waals surface area contributed by atoms with Crippen LogP contribution < -0.4 is 4.90 Å². The average Bonchev–Trinajstić information content (AvgIpc) is 3.12. The van der Waals surface area contributed by atoms with Crippen LogP contribution in [-0.4, -0.2) is 10.9 Å². The molecule has 1 heterocycles. The quantitative estimate of drug-likeness (QED) is 0.339. The van der Waals surface area contributed by atoms with Crippen LogP contribution in [0.5, 0.6) is 0 Å². The van der Waals surface area contributed by atoms with Crippen molar-refractivity contribution in [2.45, 2.75) is 26.8 Å². The Bertz CT molecular complexity index is 1170. The number of fused-ring (bicyclic) bond motifs is 1. The van der Waals surface area contributed by atoms with Gasteiger partial charge in [-0.05, 0) is 54.3 Å². The zero-order valence-electron chi connectivity index (χ0n) is 16.4. The molecule has 0 spiro atoms. The van der Waals surface area contributed by atoms with E-state index < -0.39 is 0 Å². The van der Waals surface area contributed by atoms with Gasteiger partial charge in [0.15, 0.2) is 5.13 Å². The molecule has 0 bridgehead atoms. The van der Waals surface area contributed by atoms with Crippen molar-refractivity contribution in [2.75, 3.05) is 4.90 Å². The van der Waals surface area contributed by atoms with Gasteiger partial charge in [0.05, 0.1) is 23.2 Å². The van der Waals surface area contributed by atoms with Crippen molar-refractivity contribution >= 4 is 48.5 Å². The molecule has 0 aliphatic carbocycles. The number of carbonyl (C=O) groups excluding carboxylic acids is 1. The molecule has 0 saturated heterocycles. The zero-order valence-corrected chi connectivity index (χ0v) is 18.8. The van der Waals surface area contributed by atoms with E-state index in [0.717, 1.165) is 30.9 Å². The normalized spacial score (nSPS) is 11.0. The third-order valence-corrected chi connectivity index (χ3v) is 6.52. The van der Waals surface area contributed by atoms with E-state index >= 15 is 0 Å². The van der Waals surface area contributed by atoms with Crippen LogP contribution in [0, 0.1) is 13.8 Å². The van der Waals surface area contributed by atoms with Crippen molar-refractivity contribution in [3.63, 3.8) is 0 Å². The lowest BCUT2D eigenvalue weighted by atomic mass is 10.0. The number of aryl methyl sites for hydroxylation is 2. The maximum Gasteiger partial charge on any atom is 0.233 e. The second-order valence-electron chi connectivity index (χ2n) is 7.17. The first-order valence-electron chi connectivity index (χ1n) is 9.46. The number of nitrogens with zero attached hydrogens (tertiary/aromatic N) is 2. The molecule has 1 aromatic heterocycles. The number of benzene rings is 3. The van der Waals surface area contributed by atoms with Gasteiger partial charge in [0, 0.05) is 4.47 Å². The standard InChI is InChI=1S/C24H21BrN2OS/c1-16-8-9-19(12-17(16)2)13-23(28)27(15-18-6-4-3-5-7-18)24-26-21-11-10-20(25)14-22(21)29-24/h3-12,14H,13,15H2,1-2H3. The molecule has 0 aliphatic heterocycles. The molecule has 5 heteroatoms. The highest BCUT2D eigenvalue weighted by atomic mass is 79.9. The fourth-order valence-corrected chi connectivity index (χ4v) is 4.75. The number of hydrogen-bond donors (Lipinski definition) is 0. The summed E-state index contributed by atoms with van der Waals surface area (Å²) >= 11 is 5.06. The summed E-state index contributed by atoms with van der Waals surface area (Å²) in [4.78, 5) is 19.9. The largest absolute Gasteiger partial charge is 0.283 e. The minimum absolute atomic E-state index is 0.0511. The minimum atomic E-state index is 0.0511. The van der Waals surface area contributed by atoms with Gasteiger partial charge in [-0.3, -0.25) is 9.69 Å². The number of halogens is 1. The van der Waals surface area contributed by atoms with Crippen molar-refractivity contribution in [1.29, 1.82) is 0 Å². The molecule has 146 valence electrons. The van der Waals surface area contributed by atoms with Crippen molar-refractivity contribution in [3.8, 4) is 0 Å². The van der Waals surface area contributed by atoms with Crippen LogP contribution in [0.3, 0.4) is 0 Å². The number of rotatable bonds is 5. The van der Waals surface area contributed by atoms with Gasteiger partial charge in [0.2, 0.25) is 5.91 Å². The van der Waals surface area contributed by atoms with E-state index in [0.29, 0.717) is 13.0 Å². The number of amides is 1. The van der Waals surface area contributed by atoms with Gasteiger partial charge >= 0.3 is 0 Å². The molecule has 1 amide bonds. The summed E-state index contributed by atoms with van der Waals surface area (Å²) in [7, 11) is 0. The molecule has 0 fully saturated rings. The van der Waals surface area contributed by atoms with E-state index in [9.17, 15) is 4.79 Å². The highest BCUT2D eigenvalue weighted by molar-refractivity contribution is 9.10. The molecule has 4 rings (SSSR count). The maximum absolute atomic E-state index is 13.3. The smallest absolute Gasteiger partial charge is 0.233 e. The van der Waals surface area contributed by atoms with Gasteiger partial charge in [-0.2, -0.15) is 0 Å². The van der Waals surface area contributed by atoms with E-state index in [1.54, 1.807) is 11.3 Å². The Labute approximate surface area is 183 Å². The molecule has 0 N–H and O–H groups in total. The molecule has 0 saturated carbocycles. The van der Waals surface area contributed by atoms with Crippen LogP contribution in [0.1, 0.15) is 22.3 Å². The topological polar surface area (TPSA) is 33.2 Å². The Morgan fingerprint density at radius 3 is 2.52 bits per heavy atom. The second-order valence-corrected chi connectivity index (χ2v) is 9.09. The van der Waals surface area contributed by atoms with Gasteiger partial charge in [-0.25, -0.2) is 4.98 Å². The third kappa shape index (κ3) is 4.57. The molecule has 0 atom stereocenters. The van der Waals surface area contributed by atoms with Crippen LogP contribution in [0.4, 0.5) is 5.13 Å². The van der Waals surface area contributed by atoms with Crippen molar-refractivity contribution in [1.82, 2.24) is 4.98 Å². The number of carbonyl (C=O) groups is 1. The van der Waals surface area contributed by atoms with Crippen molar-refractivity contribution < 1.29 is 4.79 Å². The van der Waals surface area contributed by atoms with Crippen LogP contribution in [0.25, 0.3) is 10.2 Å². The number of aromatic nitrogens is 1. The van der Waals surface area contributed by atoms with Gasteiger partial charge in [0.25, 0.3) is 0 Å². The predicted octanol–water partition coefficient (Wildman–Crippen LogP) is 6.45. The van der Waals surface area contributed by atoms with Crippen LogP contribution in [0.2, 0.25) is 0 Å². The lowest BCUT2D eigenvalue weighted by Gasteiger charge is -2.20. The molecular weight excluding hydrogens is 444 g/mol. The van der Waals surface area contributed by atoms with E-state index in [2.05, 4.69) is 41.9 Å². The maximum atomic E-state index is 13.3. The van der Waals surface area contributed by atoms with Gasteiger partial charge in [-0.15, -0.1) is 0 Å². The molecular formula is C24H21BrN2OS. The number of anilines is 1. The Morgan fingerprint density at radius 1 is 0.966 bits per heavy atom. The first kappa shape index (κ1) is 19.8. The van der Waals surface area contributed by atoms with Crippen LogP contribution in [0.15, 0.2) is 71.2 Å². The second kappa shape index (κ2) is 8.47. The first-order valence-corrected chi connectivity index (χ1v) is 11.1. The minimum Gasteiger partial charge on any atom is -0.283 e. The SMILES string of the molecule is Cc1ccc(CC(=O)N(Cc2ccccc2)c2nc3ccc(Br)cc3s2)cc1C. The van der Waals surface area contributed by atoms with Crippen molar-refractivity contribution in [3.05, 3.63) is 93.5 Å². The molecule has 4 aromatic rings. The molecule has 0 unspecified atom stereocenters. The van der Waals surface area contributed by atoms with Crippen LogP contribution >= 0.6 is 27.3 Å². The molecule has 0 aliphatic rings. The lowest BCUT2D eigenvalue weighted by Crippen LogP contribution is -2.31. The highest BCUT2D eigenvalue weighted by Gasteiger charge is 2.21. The van der Waals surface area contributed by atoms with E-state index in [-0.39, 0.29) is 5.91 Å². The van der Waals surface area contributed by atoms with Crippen molar-refractivity contribution in [2.24, 2.45) is 0 Å². The summed E-state index contributed by atoms with van der Waals surface area (Å²) in [6, 6.07) is 22.3. The fourth-order valence-electron chi connectivity index (χ4n) is 3.21. The summed E-state index contributed by atoms with van der Waals surface area (Å²) in [5.41, 5.74) is 5.46. The molecule has 29 heavy (non-hydrogen) atoms. The monoisotopic (exact) mass is 464 g/mol. The Balaban J connectivity index is 1.68. The van der Waals surface area contributed by atoms with E-state index in [1.807, 2.05) is 59.5 Å². The Morgan fingerprint density at radius 2 is 1.76 bits per heavy atom. The van der Waals surface area contributed by atoms with E-state index in [4.69, 9.17) is 4.98 Å². The summed E-state index contributed by atoms with van der Waals surface area (Å²) in [5, 5.41) is 0.732. The van der Waals surface area contributed by atoms with Gasteiger partial charge < -0.3 is 0 Å². The lowest BCUT2D eigenvalue weighted by molar-refractivity contribution is -0.118. The fraction of sp³-hybridized carbons (Fsp3) is 0.167. The summed E-state index contributed by atoms with van der Waals surface area (Å²) in [6.07, 6.45) is 0.355. The molecule has 0 radical (unpaired) electrons. The first-order chi connectivity index (χ1) is 14.0. The van der Waals surface area contributed by atoms with Crippen LogP contribution in [-0.2, 0) is 17.8 Å².